The summed E-state index contributed by atoms with van der Waals surface area (Å²) in [6.45, 7) is 8.68. The molecule has 0 aromatic heterocycles. The Labute approximate surface area is 138 Å². The van der Waals surface area contributed by atoms with Crippen molar-refractivity contribution in [2.24, 2.45) is 0 Å². The molecule has 1 fully saturated rings. The molecular formula is C16H30N2O5. The highest BCUT2D eigenvalue weighted by atomic mass is 16.6. The number of nitrogens with zero attached hydrogens (tertiary/aromatic N) is 1. The van der Waals surface area contributed by atoms with Crippen LogP contribution >= 0.6 is 0 Å². The third-order valence-corrected chi connectivity index (χ3v) is 3.26. The average Bonchev–Trinajstić information content (AvgIpc) is 2.88. The second-order valence-corrected chi connectivity index (χ2v) is 6.92. The van der Waals surface area contributed by atoms with Gasteiger partial charge in [-0.2, -0.15) is 0 Å². The summed E-state index contributed by atoms with van der Waals surface area (Å²) in [5.41, 5.74) is -0.605. The van der Waals surface area contributed by atoms with Gasteiger partial charge in [0.2, 0.25) is 5.91 Å². The van der Waals surface area contributed by atoms with Gasteiger partial charge < -0.3 is 19.5 Å². The largest absolute Gasteiger partial charge is 0.444 e. The Morgan fingerprint density at radius 1 is 1.39 bits per heavy atom. The highest BCUT2D eigenvalue weighted by molar-refractivity contribution is 5.82. The van der Waals surface area contributed by atoms with Crippen molar-refractivity contribution in [3.63, 3.8) is 0 Å². The number of rotatable bonds is 7. The van der Waals surface area contributed by atoms with E-state index in [1.54, 1.807) is 27.9 Å². The molecule has 2 amide bonds. The maximum absolute atomic E-state index is 12.3. The number of nitrogens with one attached hydrogen (secondary N) is 1. The van der Waals surface area contributed by atoms with Gasteiger partial charge in [-0.05, 0) is 40.5 Å². The minimum Gasteiger partial charge on any atom is -0.444 e. The van der Waals surface area contributed by atoms with Crippen molar-refractivity contribution in [1.29, 1.82) is 0 Å². The quantitative estimate of drug-likeness (QED) is 0.766. The monoisotopic (exact) mass is 330 g/mol. The maximum Gasteiger partial charge on any atom is 0.410 e. The van der Waals surface area contributed by atoms with Crippen LogP contribution in [0.4, 0.5) is 4.79 Å². The molecule has 0 aromatic carbocycles. The lowest BCUT2D eigenvalue weighted by molar-refractivity contribution is -0.123. The van der Waals surface area contributed by atoms with Crippen LogP contribution in [-0.2, 0) is 19.0 Å². The molecule has 0 radical (unpaired) electrons. The third-order valence-electron chi connectivity index (χ3n) is 3.26. The zero-order valence-electron chi connectivity index (χ0n) is 14.9. The Bertz CT molecular complexity index is 388. The van der Waals surface area contributed by atoms with Crippen LogP contribution in [0.3, 0.4) is 0 Å². The van der Waals surface area contributed by atoms with Crippen LogP contribution in [0.1, 0.15) is 40.5 Å². The van der Waals surface area contributed by atoms with E-state index in [0.29, 0.717) is 19.8 Å². The van der Waals surface area contributed by atoms with Gasteiger partial charge >= 0.3 is 6.09 Å². The SMILES string of the molecule is COCC(C)NC(=O)CN(CC1CCCO1)C(=O)OC(C)(C)C. The predicted octanol–water partition coefficient (Wildman–Crippen LogP) is 1.55. The van der Waals surface area contributed by atoms with E-state index >= 15 is 0 Å². The third kappa shape index (κ3) is 8.18. The fraction of sp³-hybridized carbons (Fsp3) is 0.875. The number of hydrogen-bond donors (Lipinski definition) is 1. The Hall–Kier alpha value is -1.34. The first kappa shape index (κ1) is 19.7. The van der Waals surface area contributed by atoms with E-state index in [1.807, 2.05) is 6.92 Å². The molecule has 1 rings (SSSR count). The highest BCUT2D eigenvalue weighted by Gasteiger charge is 2.28. The van der Waals surface area contributed by atoms with Crippen LogP contribution in [0, 0.1) is 0 Å². The zero-order valence-corrected chi connectivity index (χ0v) is 14.9. The molecule has 23 heavy (non-hydrogen) atoms. The van der Waals surface area contributed by atoms with E-state index in [0.717, 1.165) is 12.8 Å². The second-order valence-electron chi connectivity index (χ2n) is 6.92. The van der Waals surface area contributed by atoms with Crippen LogP contribution in [0.2, 0.25) is 0 Å². The molecule has 2 atom stereocenters. The summed E-state index contributed by atoms with van der Waals surface area (Å²) in [6.07, 6.45) is 1.33. The van der Waals surface area contributed by atoms with Crippen molar-refractivity contribution in [1.82, 2.24) is 10.2 Å². The lowest BCUT2D eigenvalue weighted by atomic mass is 10.2. The molecule has 1 aliphatic rings. The van der Waals surface area contributed by atoms with Crippen LogP contribution in [0.5, 0.6) is 0 Å². The standard InChI is InChI=1S/C16H30N2O5/c1-12(11-21-5)17-14(19)10-18(9-13-7-6-8-22-13)15(20)23-16(2,3)4/h12-13H,6-11H2,1-5H3,(H,17,19). The molecule has 0 aliphatic carbocycles. The van der Waals surface area contributed by atoms with E-state index in [1.165, 1.54) is 4.90 Å². The number of carbonyl (C=O) groups excluding carboxylic acids is 2. The van der Waals surface area contributed by atoms with Gasteiger partial charge in [0, 0.05) is 19.8 Å². The molecule has 7 nitrogen and oxygen atoms in total. The van der Waals surface area contributed by atoms with Crippen molar-refractivity contribution in [2.75, 3.05) is 33.4 Å². The first-order valence-corrected chi connectivity index (χ1v) is 8.09. The number of amides is 2. The number of methoxy groups -OCH3 is 1. The van der Waals surface area contributed by atoms with Crippen molar-refractivity contribution in [3.05, 3.63) is 0 Å². The van der Waals surface area contributed by atoms with Gasteiger partial charge in [-0.1, -0.05) is 0 Å². The van der Waals surface area contributed by atoms with E-state index < -0.39 is 11.7 Å². The molecule has 0 aromatic rings. The van der Waals surface area contributed by atoms with E-state index in [2.05, 4.69) is 5.32 Å². The topological polar surface area (TPSA) is 77.1 Å². The summed E-state index contributed by atoms with van der Waals surface area (Å²) in [5, 5.41) is 2.80. The van der Waals surface area contributed by atoms with Gasteiger partial charge in [0.15, 0.2) is 0 Å². The summed E-state index contributed by atoms with van der Waals surface area (Å²) in [4.78, 5) is 25.9. The minimum absolute atomic E-state index is 0.0354. The fourth-order valence-electron chi connectivity index (χ4n) is 2.35. The van der Waals surface area contributed by atoms with Crippen molar-refractivity contribution in [2.45, 2.75) is 58.3 Å². The lowest BCUT2D eigenvalue weighted by Crippen LogP contribution is -2.48. The number of ether oxygens (including phenoxy) is 3. The Balaban J connectivity index is 2.62. The van der Waals surface area contributed by atoms with Crippen molar-refractivity contribution >= 4 is 12.0 Å². The van der Waals surface area contributed by atoms with Gasteiger partial charge in [-0.25, -0.2) is 4.79 Å². The summed E-state index contributed by atoms with van der Waals surface area (Å²) < 4.78 is 15.9. The summed E-state index contributed by atoms with van der Waals surface area (Å²) >= 11 is 0. The van der Waals surface area contributed by atoms with Crippen LogP contribution in [0.15, 0.2) is 0 Å². The molecular weight excluding hydrogens is 300 g/mol. The van der Waals surface area contributed by atoms with Crippen molar-refractivity contribution < 1.29 is 23.8 Å². The molecule has 0 saturated carbocycles. The van der Waals surface area contributed by atoms with Gasteiger partial charge in [0.05, 0.1) is 19.3 Å². The smallest absolute Gasteiger partial charge is 0.410 e. The highest BCUT2D eigenvalue weighted by Crippen LogP contribution is 2.16. The van der Waals surface area contributed by atoms with Gasteiger partial charge in [-0.15, -0.1) is 0 Å². The molecule has 0 spiro atoms. The average molecular weight is 330 g/mol. The summed E-state index contributed by atoms with van der Waals surface area (Å²) in [7, 11) is 1.58. The minimum atomic E-state index is -0.605. The molecule has 1 N–H and O–H groups in total. The number of hydrogen-bond acceptors (Lipinski definition) is 5. The fourth-order valence-corrected chi connectivity index (χ4v) is 2.35. The molecule has 7 heteroatoms. The number of carbonyl (C=O) groups is 2. The lowest BCUT2D eigenvalue weighted by Gasteiger charge is -2.29. The molecule has 2 unspecified atom stereocenters. The van der Waals surface area contributed by atoms with Crippen LogP contribution < -0.4 is 5.32 Å². The predicted molar refractivity (Wildman–Crippen MR) is 86.3 cm³/mol. The second kappa shape index (κ2) is 9.08. The van der Waals surface area contributed by atoms with E-state index in [9.17, 15) is 9.59 Å². The normalized spacial score (nSPS) is 19.3. The molecule has 1 saturated heterocycles. The molecule has 1 aliphatic heterocycles. The van der Waals surface area contributed by atoms with E-state index in [-0.39, 0.29) is 24.6 Å². The van der Waals surface area contributed by atoms with Crippen molar-refractivity contribution in [3.8, 4) is 0 Å². The van der Waals surface area contributed by atoms with Crippen LogP contribution in [-0.4, -0.2) is 68.1 Å². The van der Waals surface area contributed by atoms with Gasteiger partial charge in [0.1, 0.15) is 12.1 Å². The summed E-state index contributed by atoms with van der Waals surface area (Å²) in [6, 6.07) is -0.115. The zero-order chi connectivity index (χ0) is 17.5. The first-order chi connectivity index (χ1) is 10.7. The van der Waals surface area contributed by atoms with Gasteiger partial charge in [0.25, 0.3) is 0 Å². The van der Waals surface area contributed by atoms with Gasteiger partial charge in [-0.3, -0.25) is 9.69 Å². The van der Waals surface area contributed by atoms with Crippen LogP contribution in [0.25, 0.3) is 0 Å². The summed E-state index contributed by atoms with van der Waals surface area (Å²) in [5.74, 6) is -0.238. The Morgan fingerprint density at radius 3 is 2.61 bits per heavy atom. The molecule has 0 bridgehead atoms. The maximum atomic E-state index is 12.3. The van der Waals surface area contributed by atoms with E-state index in [4.69, 9.17) is 14.2 Å². The first-order valence-electron chi connectivity index (χ1n) is 8.09. The molecule has 1 heterocycles. The Morgan fingerprint density at radius 2 is 2.09 bits per heavy atom. The Kier molecular flexibility index (Phi) is 7.78. The molecule has 134 valence electrons.